The number of carbonyl (C=O) groups excluding carboxylic acids is 3. The molecule has 3 saturated heterocycles. The van der Waals surface area contributed by atoms with Gasteiger partial charge in [0.25, 0.3) is 5.91 Å². The highest BCUT2D eigenvalue weighted by molar-refractivity contribution is 8.02. The van der Waals surface area contributed by atoms with Crippen molar-refractivity contribution < 1.29 is 24.2 Å². The van der Waals surface area contributed by atoms with Crippen LogP contribution in [0.2, 0.25) is 5.02 Å². The number of hydrogen-bond donors (Lipinski definition) is 1. The van der Waals surface area contributed by atoms with E-state index in [0.29, 0.717) is 36.4 Å². The van der Waals surface area contributed by atoms with Gasteiger partial charge in [-0.3, -0.25) is 14.4 Å². The number of fused-ring (bicyclic) bond motifs is 1. The van der Waals surface area contributed by atoms with Gasteiger partial charge in [-0.15, -0.1) is 24.9 Å². The lowest BCUT2D eigenvalue weighted by Gasteiger charge is -2.39. The minimum absolute atomic E-state index is 0.204. The number of hydrogen-bond acceptors (Lipinski definition) is 6. The second-order valence-electron chi connectivity index (χ2n) is 11.0. The fraction of sp³-hybridized carbons (Fsp3) is 0.567. The molecule has 1 aromatic carbocycles. The van der Waals surface area contributed by atoms with E-state index in [1.54, 1.807) is 39.8 Å². The van der Waals surface area contributed by atoms with Crippen molar-refractivity contribution in [3.8, 4) is 0 Å². The second-order valence-corrected chi connectivity index (χ2v) is 13.3. The number of anilines is 1. The van der Waals surface area contributed by atoms with Crippen LogP contribution in [-0.4, -0.2) is 69.1 Å². The number of nitrogens with zero attached hydrogens (tertiary/aromatic N) is 2. The maximum absolute atomic E-state index is 14.7. The third kappa shape index (κ3) is 4.82. The number of amides is 2. The Balaban J connectivity index is 1.80. The lowest BCUT2D eigenvalue weighted by molar-refractivity contribution is -0.156. The van der Waals surface area contributed by atoms with E-state index in [2.05, 4.69) is 13.2 Å². The molecule has 3 fully saturated rings. The standard InChI is InChI=1S/C30H39ClN2O5S/c1-6-9-10-17-38-28(37)23-22-26(35)33(20(8-3)18-34)25(30(22)15-14-29(23,5)39-30)27(36)32(16-7-2)24-19(4)12-11-13-21(24)31/h6-7,11-13,20,22-23,25,34H,1-2,8-10,14-18H2,3-5H3/t20-,22-,23-,25?,29+,30?/m0/s1. The molecule has 2 amide bonds. The fourth-order valence-electron chi connectivity index (χ4n) is 6.83. The van der Waals surface area contributed by atoms with E-state index in [9.17, 15) is 19.5 Å². The zero-order chi connectivity index (χ0) is 28.5. The van der Waals surface area contributed by atoms with Crippen LogP contribution in [0.1, 0.15) is 51.5 Å². The van der Waals surface area contributed by atoms with Crippen molar-refractivity contribution in [3.63, 3.8) is 0 Å². The van der Waals surface area contributed by atoms with Crippen LogP contribution in [0.15, 0.2) is 43.5 Å². The maximum atomic E-state index is 14.7. The average molecular weight is 575 g/mol. The summed E-state index contributed by atoms with van der Waals surface area (Å²) in [7, 11) is 0. The van der Waals surface area contributed by atoms with Crippen LogP contribution in [0.5, 0.6) is 0 Å². The number of unbranched alkanes of at least 4 members (excludes halogenated alkanes) is 1. The molecule has 0 aliphatic carbocycles. The third-order valence-corrected chi connectivity index (χ3v) is 10.9. The van der Waals surface area contributed by atoms with Gasteiger partial charge in [0.05, 0.1) is 46.5 Å². The van der Waals surface area contributed by atoms with Gasteiger partial charge in [-0.25, -0.2) is 0 Å². The van der Waals surface area contributed by atoms with E-state index in [-0.39, 0.29) is 37.5 Å². The highest BCUT2D eigenvalue weighted by atomic mass is 35.5. The number of ether oxygens (including phenoxy) is 1. The molecule has 9 heteroatoms. The van der Waals surface area contributed by atoms with Crippen molar-refractivity contribution in [2.45, 2.75) is 74.5 Å². The van der Waals surface area contributed by atoms with Crippen molar-refractivity contribution in [2.75, 3.05) is 24.7 Å². The molecule has 39 heavy (non-hydrogen) atoms. The Hall–Kier alpha value is -2.29. The number of thioether (sulfide) groups is 1. The number of aliphatic hydroxyl groups is 1. The lowest BCUT2D eigenvalue weighted by Crippen LogP contribution is -2.57. The molecule has 3 aliphatic rings. The molecule has 2 unspecified atom stereocenters. The molecule has 1 aromatic rings. The number of benzene rings is 1. The van der Waals surface area contributed by atoms with Gasteiger partial charge in [0.15, 0.2) is 0 Å². The predicted molar refractivity (Wildman–Crippen MR) is 156 cm³/mol. The molecule has 6 atom stereocenters. The first kappa shape index (κ1) is 29.7. The quantitative estimate of drug-likeness (QED) is 0.216. The van der Waals surface area contributed by atoms with Gasteiger partial charge in [-0.1, -0.05) is 42.8 Å². The number of aryl methyl sites for hydroxylation is 1. The van der Waals surface area contributed by atoms with Crippen LogP contribution in [0, 0.1) is 18.8 Å². The molecule has 2 bridgehead atoms. The molecule has 3 aliphatic heterocycles. The van der Waals surface area contributed by atoms with Crippen LogP contribution in [-0.2, 0) is 19.1 Å². The summed E-state index contributed by atoms with van der Waals surface area (Å²) >= 11 is 8.20. The second kappa shape index (κ2) is 11.7. The van der Waals surface area contributed by atoms with Gasteiger partial charge in [0.2, 0.25) is 5.91 Å². The number of allylic oxidation sites excluding steroid dienone is 1. The number of rotatable bonds is 12. The van der Waals surface area contributed by atoms with Gasteiger partial charge in [0.1, 0.15) is 6.04 Å². The molecule has 1 N–H and O–H groups in total. The first-order chi connectivity index (χ1) is 18.6. The number of halogens is 1. The smallest absolute Gasteiger partial charge is 0.311 e. The van der Waals surface area contributed by atoms with Crippen molar-refractivity contribution in [1.82, 2.24) is 4.90 Å². The summed E-state index contributed by atoms with van der Waals surface area (Å²) in [5, 5.41) is 10.7. The summed E-state index contributed by atoms with van der Waals surface area (Å²) < 4.78 is 4.35. The summed E-state index contributed by atoms with van der Waals surface area (Å²) in [4.78, 5) is 45.7. The van der Waals surface area contributed by atoms with Crippen molar-refractivity contribution in [3.05, 3.63) is 54.1 Å². The molecule has 3 heterocycles. The van der Waals surface area contributed by atoms with Crippen LogP contribution in [0.4, 0.5) is 5.69 Å². The molecular formula is C30H39ClN2O5S. The van der Waals surface area contributed by atoms with Crippen LogP contribution in [0.25, 0.3) is 0 Å². The number of likely N-dealkylation sites (tertiary alicyclic amines) is 1. The molecule has 1 spiro atoms. The molecule has 7 nitrogen and oxygen atoms in total. The van der Waals surface area contributed by atoms with Crippen LogP contribution in [0.3, 0.4) is 0 Å². The van der Waals surface area contributed by atoms with Gasteiger partial charge in [-0.2, -0.15) is 0 Å². The topological polar surface area (TPSA) is 87.1 Å². The largest absolute Gasteiger partial charge is 0.465 e. The first-order valence-corrected chi connectivity index (χ1v) is 14.9. The van der Waals surface area contributed by atoms with Gasteiger partial charge >= 0.3 is 5.97 Å². The summed E-state index contributed by atoms with van der Waals surface area (Å²) in [6.45, 7) is 13.6. The number of esters is 1. The van der Waals surface area contributed by atoms with Crippen molar-refractivity contribution >= 4 is 46.8 Å². The minimum atomic E-state index is -0.867. The Labute approximate surface area is 240 Å². The van der Waals surface area contributed by atoms with Crippen LogP contribution < -0.4 is 4.90 Å². The molecular weight excluding hydrogens is 536 g/mol. The van der Waals surface area contributed by atoms with Crippen molar-refractivity contribution in [1.29, 1.82) is 0 Å². The zero-order valence-electron chi connectivity index (χ0n) is 23.0. The highest BCUT2D eigenvalue weighted by Gasteiger charge is 2.78. The average Bonchev–Trinajstić information content (AvgIpc) is 3.47. The fourth-order valence-corrected chi connectivity index (χ4v) is 9.48. The Morgan fingerprint density at radius 2 is 2.08 bits per heavy atom. The predicted octanol–water partition coefficient (Wildman–Crippen LogP) is 4.93. The van der Waals surface area contributed by atoms with E-state index in [4.69, 9.17) is 16.3 Å². The molecule has 0 saturated carbocycles. The Kier molecular flexibility index (Phi) is 8.89. The molecule has 212 valence electrons. The van der Waals surface area contributed by atoms with Gasteiger partial charge in [-0.05, 0) is 57.6 Å². The van der Waals surface area contributed by atoms with Crippen LogP contribution >= 0.6 is 23.4 Å². The summed E-state index contributed by atoms with van der Waals surface area (Å²) in [5.74, 6) is -2.29. The maximum Gasteiger partial charge on any atom is 0.311 e. The van der Waals surface area contributed by atoms with Gasteiger partial charge in [0, 0.05) is 11.3 Å². The van der Waals surface area contributed by atoms with E-state index in [1.165, 1.54) is 0 Å². The summed E-state index contributed by atoms with van der Waals surface area (Å²) in [5.41, 5.74) is 1.41. The number of aliphatic hydroxyl groups excluding tert-OH is 1. The Morgan fingerprint density at radius 1 is 1.33 bits per heavy atom. The highest BCUT2D eigenvalue weighted by Crippen LogP contribution is 2.72. The normalized spacial score (nSPS) is 29.7. The Morgan fingerprint density at radius 3 is 2.69 bits per heavy atom. The molecule has 4 rings (SSSR count). The Bertz CT molecular complexity index is 1140. The summed E-state index contributed by atoms with van der Waals surface area (Å²) in [6, 6.07) is 4.04. The van der Waals surface area contributed by atoms with E-state index >= 15 is 0 Å². The van der Waals surface area contributed by atoms with Crippen molar-refractivity contribution in [2.24, 2.45) is 11.8 Å². The molecule has 0 radical (unpaired) electrons. The zero-order valence-corrected chi connectivity index (χ0v) is 24.6. The minimum Gasteiger partial charge on any atom is -0.465 e. The number of para-hydroxylation sites is 1. The lowest BCUT2D eigenvalue weighted by atomic mass is 9.66. The number of carbonyl (C=O) groups is 3. The monoisotopic (exact) mass is 574 g/mol. The van der Waals surface area contributed by atoms with E-state index < -0.39 is 33.4 Å². The molecule has 0 aromatic heterocycles. The van der Waals surface area contributed by atoms with E-state index in [1.807, 2.05) is 32.9 Å². The van der Waals surface area contributed by atoms with Gasteiger partial charge < -0.3 is 19.6 Å². The van der Waals surface area contributed by atoms with E-state index in [0.717, 1.165) is 12.0 Å². The summed E-state index contributed by atoms with van der Waals surface area (Å²) in [6.07, 6.45) is 6.59. The SMILES string of the molecule is C=CCCCOC(=O)[C@@H]1[C@H]2C(=O)N([C@@H](CC)CO)C(C(=O)N(CC=C)c3c(C)cccc3Cl)C23CC[C@@]1(C)S3. The third-order valence-electron chi connectivity index (χ3n) is 8.61. The first-order valence-electron chi connectivity index (χ1n) is 13.7.